The van der Waals surface area contributed by atoms with Crippen LogP contribution in [0.2, 0.25) is 0 Å². The lowest BCUT2D eigenvalue weighted by atomic mass is 10.2. The van der Waals surface area contributed by atoms with Gasteiger partial charge < -0.3 is 20.3 Å². The number of aromatic hydroxyl groups is 1. The Labute approximate surface area is 135 Å². The number of carbonyl (C=O) groups is 1. The number of anilines is 1. The monoisotopic (exact) mass is 331 g/mol. The number of hydrogen-bond acceptors (Lipinski definition) is 7. The second-order valence-electron chi connectivity index (χ2n) is 4.70. The zero-order valence-corrected chi connectivity index (χ0v) is 12.9. The van der Waals surface area contributed by atoms with E-state index in [1.165, 1.54) is 36.2 Å². The summed E-state index contributed by atoms with van der Waals surface area (Å²) in [5.74, 6) is 0.191. The fraction of sp³-hybridized carbons (Fsp3) is 0.133. The van der Waals surface area contributed by atoms with Gasteiger partial charge in [-0.05, 0) is 12.1 Å². The van der Waals surface area contributed by atoms with E-state index in [2.05, 4.69) is 15.3 Å². The standard InChI is InChI=1S/C15H13N3O4S/c1-22-9-3-2-8(11(19)4-9)5-16-14-13-12(17-7-18-14)10(6-23-13)15(20)21/h2-4,6-7,19H,5H2,1H3,(H,20,21)(H,16,17,18). The lowest BCUT2D eigenvalue weighted by Crippen LogP contribution is -2.03. The van der Waals surface area contributed by atoms with E-state index in [9.17, 15) is 9.90 Å². The molecule has 0 saturated heterocycles. The Morgan fingerprint density at radius 3 is 2.91 bits per heavy atom. The van der Waals surface area contributed by atoms with Crippen LogP contribution < -0.4 is 10.1 Å². The molecule has 3 N–H and O–H groups in total. The van der Waals surface area contributed by atoms with E-state index < -0.39 is 5.97 Å². The maximum Gasteiger partial charge on any atom is 0.338 e. The second-order valence-corrected chi connectivity index (χ2v) is 5.58. The van der Waals surface area contributed by atoms with E-state index in [0.717, 1.165) is 0 Å². The molecule has 0 amide bonds. The summed E-state index contributed by atoms with van der Waals surface area (Å²) in [5.41, 5.74) is 1.23. The summed E-state index contributed by atoms with van der Waals surface area (Å²) in [7, 11) is 1.53. The molecule has 0 fully saturated rings. The number of fused-ring (bicyclic) bond motifs is 1. The third-order valence-corrected chi connectivity index (χ3v) is 4.30. The average Bonchev–Trinajstić information content (AvgIpc) is 2.98. The van der Waals surface area contributed by atoms with Crippen molar-refractivity contribution in [1.29, 1.82) is 0 Å². The van der Waals surface area contributed by atoms with Crippen molar-refractivity contribution in [2.24, 2.45) is 0 Å². The molecular weight excluding hydrogens is 318 g/mol. The molecule has 2 aromatic heterocycles. The third-order valence-electron chi connectivity index (χ3n) is 3.32. The molecule has 0 spiro atoms. The number of nitrogens with one attached hydrogen (secondary N) is 1. The van der Waals surface area contributed by atoms with Crippen molar-refractivity contribution in [3.05, 3.63) is 41.0 Å². The maximum absolute atomic E-state index is 11.2. The van der Waals surface area contributed by atoms with Crippen molar-refractivity contribution in [1.82, 2.24) is 9.97 Å². The van der Waals surface area contributed by atoms with Crippen molar-refractivity contribution in [3.63, 3.8) is 0 Å². The highest BCUT2D eigenvalue weighted by Gasteiger charge is 2.15. The van der Waals surface area contributed by atoms with Gasteiger partial charge >= 0.3 is 5.97 Å². The molecule has 1 aromatic carbocycles. The van der Waals surface area contributed by atoms with E-state index in [1.54, 1.807) is 12.1 Å². The lowest BCUT2D eigenvalue weighted by molar-refractivity contribution is 0.0699. The number of nitrogens with zero attached hydrogens (tertiary/aromatic N) is 2. The highest BCUT2D eigenvalue weighted by atomic mass is 32.1. The number of methoxy groups -OCH3 is 1. The van der Waals surface area contributed by atoms with Gasteiger partial charge in [0.15, 0.2) is 0 Å². The first-order chi connectivity index (χ1) is 11.1. The Kier molecular flexibility index (Phi) is 3.98. The van der Waals surface area contributed by atoms with Crippen LogP contribution in [0.4, 0.5) is 5.82 Å². The Morgan fingerprint density at radius 2 is 2.22 bits per heavy atom. The molecule has 0 aliphatic heterocycles. The van der Waals surface area contributed by atoms with Crippen molar-refractivity contribution in [2.75, 3.05) is 12.4 Å². The van der Waals surface area contributed by atoms with E-state index in [-0.39, 0.29) is 11.3 Å². The van der Waals surface area contributed by atoms with Gasteiger partial charge in [0, 0.05) is 23.6 Å². The summed E-state index contributed by atoms with van der Waals surface area (Å²) in [6.45, 7) is 0.336. The minimum Gasteiger partial charge on any atom is -0.507 e. The Morgan fingerprint density at radius 1 is 1.39 bits per heavy atom. The number of phenolic OH excluding ortho intramolecular Hbond substituents is 1. The number of hydrogen-bond donors (Lipinski definition) is 3. The van der Waals surface area contributed by atoms with Crippen LogP contribution in [-0.2, 0) is 6.54 Å². The Bertz CT molecular complexity index is 878. The highest BCUT2D eigenvalue weighted by Crippen LogP contribution is 2.30. The molecular formula is C15H13N3O4S. The van der Waals surface area contributed by atoms with E-state index in [0.29, 0.717) is 33.9 Å². The largest absolute Gasteiger partial charge is 0.507 e. The SMILES string of the molecule is COc1ccc(CNc2ncnc3c(C(=O)O)csc23)c(O)c1. The molecule has 7 nitrogen and oxygen atoms in total. The van der Waals surface area contributed by atoms with Gasteiger partial charge in [-0.2, -0.15) is 0 Å². The minimum atomic E-state index is -1.02. The number of ether oxygens (including phenoxy) is 1. The zero-order chi connectivity index (χ0) is 16.4. The summed E-state index contributed by atoms with van der Waals surface area (Å²) in [4.78, 5) is 19.3. The number of aromatic carboxylic acids is 1. The highest BCUT2D eigenvalue weighted by molar-refractivity contribution is 7.18. The van der Waals surface area contributed by atoms with Crippen LogP contribution in [0.1, 0.15) is 15.9 Å². The van der Waals surface area contributed by atoms with Gasteiger partial charge in [0.25, 0.3) is 0 Å². The number of benzene rings is 1. The fourth-order valence-corrected chi connectivity index (χ4v) is 3.09. The normalized spacial score (nSPS) is 10.7. The molecule has 3 rings (SSSR count). The van der Waals surface area contributed by atoms with E-state index in [1.807, 2.05) is 0 Å². The minimum absolute atomic E-state index is 0.111. The van der Waals surface area contributed by atoms with Crippen LogP contribution >= 0.6 is 11.3 Å². The first-order valence-electron chi connectivity index (χ1n) is 6.65. The molecule has 0 atom stereocenters. The fourth-order valence-electron chi connectivity index (χ4n) is 2.13. The number of carboxylic acid groups (broad SMARTS) is 1. The molecule has 3 aromatic rings. The van der Waals surface area contributed by atoms with Gasteiger partial charge in [-0.15, -0.1) is 11.3 Å². The van der Waals surface area contributed by atoms with Crippen molar-refractivity contribution >= 4 is 33.3 Å². The van der Waals surface area contributed by atoms with Crippen LogP contribution in [0.5, 0.6) is 11.5 Å². The molecule has 23 heavy (non-hydrogen) atoms. The first kappa shape index (κ1) is 15.0. The number of thiophene rings is 1. The number of carboxylic acids is 1. The van der Waals surface area contributed by atoms with Crippen LogP contribution in [0.15, 0.2) is 29.9 Å². The van der Waals surface area contributed by atoms with Crippen LogP contribution in [0, 0.1) is 0 Å². The molecule has 0 saturated carbocycles. The lowest BCUT2D eigenvalue weighted by Gasteiger charge is -2.09. The summed E-state index contributed by atoms with van der Waals surface area (Å²) in [5, 5.41) is 23.7. The molecule has 8 heteroatoms. The number of aromatic nitrogens is 2. The Hall–Kier alpha value is -2.87. The summed E-state index contributed by atoms with van der Waals surface area (Å²) < 4.78 is 5.71. The van der Waals surface area contributed by atoms with Crippen molar-refractivity contribution in [3.8, 4) is 11.5 Å². The summed E-state index contributed by atoms with van der Waals surface area (Å²) in [6, 6.07) is 5.02. The van der Waals surface area contributed by atoms with Gasteiger partial charge in [0.2, 0.25) is 0 Å². The van der Waals surface area contributed by atoms with Gasteiger partial charge in [-0.25, -0.2) is 14.8 Å². The molecule has 0 bridgehead atoms. The molecule has 2 heterocycles. The topological polar surface area (TPSA) is 105 Å². The van der Waals surface area contributed by atoms with Crippen LogP contribution in [-0.4, -0.2) is 33.3 Å². The van der Waals surface area contributed by atoms with E-state index >= 15 is 0 Å². The molecule has 0 unspecified atom stereocenters. The quantitative estimate of drug-likeness (QED) is 0.660. The third kappa shape index (κ3) is 2.88. The zero-order valence-electron chi connectivity index (χ0n) is 12.1. The van der Waals surface area contributed by atoms with Crippen molar-refractivity contribution < 1.29 is 19.7 Å². The van der Waals surface area contributed by atoms with Gasteiger partial charge in [0.1, 0.15) is 29.2 Å². The van der Waals surface area contributed by atoms with Crippen molar-refractivity contribution in [2.45, 2.75) is 6.54 Å². The smallest absolute Gasteiger partial charge is 0.338 e. The van der Waals surface area contributed by atoms with Gasteiger partial charge in [-0.3, -0.25) is 0 Å². The maximum atomic E-state index is 11.2. The van der Waals surface area contributed by atoms with E-state index in [4.69, 9.17) is 9.84 Å². The molecule has 118 valence electrons. The second kappa shape index (κ2) is 6.09. The number of rotatable bonds is 5. The molecule has 0 aliphatic rings. The van der Waals surface area contributed by atoms with Crippen LogP contribution in [0.25, 0.3) is 10.2 Å². The molecule has 0 aliphatic carbocycles. The molecule has 0 radical (unpaired) electrons. The predicted octanol–water partition coefficient (Wildman–Crippen LogP) is 2.72. The average molecular weight is 331 g/mol. The van der Waals surface area contributed by atoms with Gasteiger partial charge in [0.05, 0.1) is 17.4 Å². The number of phenols is 1. The summed E-state index contributed by atoms with van der Waals surface area (Å²) >= 11 is 1.26. The first-order valence-corrected chi connectivity index (χ1v) is 7.53. The van der Waals surface area contributed by atoms with Crippen LogP contribution in [0.3, 0.4) is 0 Å². The summed E-state index contributed by atoms with van der Waals surface area (Å²) in [6.07, 6.45) is 1.32. The van der Waals surface area contributed by atoms with Gasteiger partial charge in [-0.1, -0.05) is 0 Å². The Balaban J connectivity index is 1.86. The predicted molar refractivity (Wildman–Crippen MR) is 86.4 cm³/mol.